The topological polar surface area (TPSA) is 29.3 Å². The average Bonchev–Trinajstić information content (AvgIpc) is 2.69. The molecule has 0 bridgehead atoms. The lowest BCUT2D eigenvalue weighted by Gasteiger charge is -2.08. The number of nitrogens with zero attached hydrogens (tertiary/aromatic N) is 1. The highest BCUT2D eigenvalue weighted by molar-refractivity contribution is 5.73. The highest BCUT2D eigenvalue weighted by atomic mass is 16.5. The van der Waals surface area contributed by atoms with Crippen molar-refractivity contribution in [1.82, 2.24) is 4.90 Å². The van der Waals surface area contributed by atoms with Crippen LogP contribution in [0.2, 0.25) is 0 Å². The predicted molar refractivity (Wildman–Crippen MR) is 44.8 cm³/mol. The minimum atomic E-state index is -0.189. The van der Waals surface area contributed by atoms with Crippen LogP contribution >= 0.6 is 0 Å². The van der Waals surface area contributed by atoms with Crippen LogP contribution in [-0.2, 0) is 4.74 Å². The first-order valence-corrected chi connectivity index (χ1v) is 4.22. The molecule has 3 nitrogen and oxygen atoms in total. The summed E-state index contributed by atoms with van der Waals surface area (Å²) < 4.78 is 4.69. The molecule has 1 fully saturated rings. The van der Waals surface area contributed by atoms with E-state index < -0.39 is 0 Å². The SMILES string of the molecule is COC(=O)N1[C@@H]2CC=CC[C@@]21C. The molecule has 0 N–H and O–H groups in total. The number of hydrogen-bond donors (Lipinski definition) is 0. The summed E-state index contributed by atoms with van der Waals surface area (Å²) >= 11 is 0. The zero-order valence-corrected chi connectivity index (χ0v) is 7.41. The van der Waals surface area contributed by atoms with E-state index in [9.17, 15) is 4.79 Å². The largest absolute Gasteiger partial charge is 0.453 e. The summed E-state index contributed by atoms with van der Waals surface area (Å²) in [6, 6.07) is 0.384. The molecule has 3 heteroatoms. The van der Waals surface area contributed by atoms with E-state index in [0.29, 0.717) is 6.04 Å². The fourth-order valence-corrected chi connectivity index (χ4v) is 2.08. The van der Waals surface area contributed by atoms with Crippen LogP contribution in [-0.4, -0.2) is 29.7 Å². The summed E-state index contributed by atoms with van der Waals surface area (Å²) in [5.41, 5.74) is 0.0574. The average molecular weight is 167 g/mol. The van der Waals surface area contributed by atoms with Crippen molar-refractivity contribution in [3.8, 4) is 0 Å². The van der Waals surface area contributed by atoms with Crippen molar-refractivity contribution < 1.29 is 9.53 Å². The van der Waals surface area contributed by atoms with E-state index in [1.165, 1.54) is 7.11 Å². The van der Waals surface area contributed by atoms with E-state index in [0.717, 1.165) is 12.8 Å². The minimum Gasteiger partial charge on any atom is -0.453 e. The van der Waals surface area contributed by atoms with Crippen LogP contribution in [0, 0.1) is 0 Å². The molecule has 0 aromatic rings. The van der Waals surface area contributed by atoms with Crippen LogP contribution in [0.15, 0.2) is 12.2 Å². The van der Waals surface area contributed by atoms with E-state index >= 15 is 0 Å². The zero-order chi connectivity index (χ0) is 8.77. The van der Waals surface area contributed by atoms with E-state index in [4.69, 9.17) is 4.74 Å². The third-order valence-electron chi connectivity index (χ3n) is 2.94. The molecule has 1 aliphatic carbocycles. The molecule has 0 aromatic heterocycles. The van der Waals surface area contributed by atoms with Gasteiger partial charge in [-0.3, -0.25) is 4.90 Å². The van der Waals surface area contributed by atoms with Gasteiger partial charge in [-0.05, 0) is 19.8 Å². The van der Waals surface area contributed by atoms with Gasteiger partial charge in [0.15, 0.2) is 0 Å². The molecule has 0 unspecified atom stereocenters. The van der Waals surface area contributed by atoms with Crippen LogP contribution in [0.25, 0.3) is 0 Å². The fourth-order valence-electron chi connectivity index (χ4n) is 2.08. The van der Waals surface area contributed by atoms with Gasteiger partial charge in [-0.2, -0.15) is 0 Å². The number of hydrogen-bond acceptors (Lipinski definition) is 2. The van der Waals surface area contributed by atoms with E-state index in [-0.39, 0.29) is 11.6 Å². The Morgan fingerprint density at radius 2 is 2.42 bits per heavy atom. The van der Waals surface area contributed by atoms with Gasteiger partial charge in [0, 0.05) is 0 Å². The molecule has 0 radical (unpaired) electrons. The first-order valence-electron chi connectivity index (χ1n) is 4.22. The van der Waals surface area contributed by atoms with Crippen molar-refractivity contribution in [3.05, 3.63) is 12.2 Å². The minimum absolute atomic E-state index is 0.0574. The quantitative estimate of drug-likeness (QED) is 0.404. The lowest BCUT2D eigenvalue weighted by molar-refractivity contribution is 0.147. The Balaban J connectivity index is 2.11. The molecule has 0 aromatic carbocycles. The van der Waals surface area contributed by atoms with Gasteiger partial charge < -0.3 is 4.74 Å². The number of methoxy groups -OCH3 is 1. The zero-order valence-electron chi connectivity index (χ0n) is 7.41. The van der Waals surface area contributed by atoms with Gasteiger partial charge in [0.05, 0.1) is 18.7 Å². The van der Waals surface area contributed by atoms with Crippen LogP contribution in [0.1, 0.15) is 19.8 Å². The summed E-state index contributed by atoms with van der Waals surface area (Å²) in [5, 5.41) is 0. The van der Waals surface area contributed by atoms with Crippen LogP contribution < -0.4 is 0 Å². The molecule has 0 spiro atoms. The lowest BCUT2D eigenvalue weighted by Crippen LogP contribution is -2.19. The number of carbonyl (C=O) groups is 1. The highest BCUT2D eigenvalue weighted by Gasteiger charge is 2.61. The fraction of sp³-hybridized carbons (Fsp3) is 0.667. The number of fused-ring (bicyclic) bond motifs is 1. The van der Waals surface area contributed by atoms with Crippen molar-refractivity contribution in [2.45, 2.75) is 31.3 Å². The maximum absolute atomic E-state index is 11.2. The Hall–Kier alpha value is -0.990. The lowest BCUT2D eigenvalue weighted by atomic mass is 9.96. The Morgan fingerprint density at radius 1 is 1.67 bits per heavy atom. The number of carbonyl (C=O) groups excluding carboxylic acids is 1. The molecule has 1 aliphatic heterocycles. The molecule has 2 rings (SSSR count). The molecule has 2 atom stereocenters. The van der Waals surface area contributed by atoms with Gasteiger partial charge in [-0.25, -0.2) is 4.79 Å². The molecule has 1 heterocycles. The smallest absolute Gasteiger partial charge is 0.410 e. The summed E-state index contributed by atoms with van der Waals surface area (Å²) in [4.78, 5) is 13.0. The summed E-state index contributed by atoms with van der Waals surface area (Å²) in [5.74, 6) is 0. The van der Waals surface area contributed by atoms with Gasteiger partial charge in [0.1, 0.15) is 0 Å². The first-order chi connectivity index (χ1) is 5.70. The van der Waals surface area contributed by atoms with Gasteiger partial charge in [0.2, 0.25) is 0 Å². The predicted octanol–water partition coefficient (Wildman–Crippen LogP) is 1.55. The van der Waals surface area contributed by atoms with Crippen molar-refractivity contribution in [1.29, 1.82) is 0 Å². The number of amides is 1. The second-order valence-electron chi connectivity index (χ2n) is 3.62. The molecule has 1 saturated heterocycles. The molecule has 66 valence electrons. The maximum Gasteiger partial charge on any atom is 0.410 e. The monoisotopic (exact) mass is 167 g/mol. The van der Waals surface area contributed by atoms with Crippen molar-refractivity contribution in [3.63, 3.8) is 0 Å². The molecular formula is C9H13NO2. The second-order valence-corrected chi connectivity index (χ2v) is 3.62. The highest BCUT2D eigenvalue weighted by Crippen LogP contribution is 2.48. The Bertz CT molecular complexity index is 249. The first kappa shape index (κ1) is 7.65. The normalized spacial score (nSPS) is 37.5. The third kappa shape index (κ3) is 0.792. The van der Waals surface area contributed by atoms with E-state index in [2.05, 4.69) is 19.1 Å². The van der Waals surface area contributed by atoms with E-state index in [1.54, 1.807) is 0 Å². The molecule has 0 saturated carbocycles. The van der Waals surface area contributed by atoms with Crippen LogP contribution in [0.5, 0.6) is 0 Å². The number of rotatable bonds is 0. The Kier molecular flexibility index (Phi) is 1.43. The molecule has 2 aliphatic rings. The molecule has 12 heavy (non-hydrogen) atoms. The van der Waals surface area contributed by atoms with Gasteiger partial charge in [0.25, 0.3) is 0 Å². The van der Waals surface area contributed by atoms with Crippen molar-refractivity contribution >= 4 is 6.09 Å². The number of ether oxygens (including phenoxy) is 1. The molecular weight excluding hydrogens is 154 g/mol. The van der Waals surface area contributed by atoms with Gasteiger partial charge in [-0.1, -0.05) is 12.2 Å². The Labute approximate surface area is 72.0 Å². The van der Waals surface area contributed by atoms with Crippen LogP contribution in [0.4, 0.5) is 4.79 Å². The van der Waals surface area contributed by atoms with E-state index in [1.807, 2.05) is 4.90 Å². The Morgan fingerprint density at radius 3 is 2.92 bits per heavy atom. The summed E-state index contributed by atoms with van der Waals surface area (Å²) in [6.45, 7) is 2.11. The molecule has 1 amide bonds. The second kappa shape index (κ2) is 2.25. The van der Waals surface area contributed by atoms with Crippen LogP contribution in [0.3, 0.4) is 0 Å². The van der Waals surface area contributed by atoms with Gasteiger partial charge in [-0.15, -0.1) is 0 Å². The van der Waals surface area contributed by atoms with Crippen molar-refractivity contribution in [2.75, 3.05) is 7.11 Å². The standard InChI is InChI=1S/C9H13NO2/c1-9-6-4-3-5-7(9)10(9)8(11)12-2/h3-4,7H,5-6H2,1-2H3/t7-,9+,10?/m1/s1. The summed E-state index contributed by atoms with van der Waals surface area (Å²) in [7, 11) is 1.43. The van der Waals surface area contributed by atoms with Crippen molar-refractivity contribution in [2.24, 2.45) is 0 Å². The van der Waals surface area contributed by atoms with Gasteiger partial charge >= 0.3 is 6.09 Å². The third-order valence-corrected chi connectivity index (χ3v) is 2.94. The maximum atomic E-state index is 11.2. The summed E-state index contributed by atoms with van der Waals surface area (Å²) in [6.07, 6.45) is 6.03.